The van der Waals surface area contributed by atoms with E-state index in [1.165, 1.54) is 11.3 Å². The van der Waals surface area contributed by atoms with E-state index < -0.39 is 0 Å². The van der Waals surface area contributed by atoms with Crippen molar-refractivity contribution in [2.24, 2.45) is 7.05 Å². The minimum Gasteiger partial charge on any atom is -0.354 e. The average Bonchev–Trinajstić information content (AvgIpc) is 2.28. The molecule has 0 fully saturated rings. The molecule has 0 N–H and O–H groups in total. The summed E-state index contributed by atoms with van der Waals surface area (Å²) in [5, 5.41) is 0. The molecule has 0 aliphatic carbocycles. The van der Waals surface area contributed by atoms with E-state index in [0.29, 0.717) is 6.42 Å². The summed E-state index contributed by atoms with van der Waals surface area (Å²) in [5.74, 6) is 0. The third kappa shape index (κ3) is 1.93. The molecule has 1 aromatic heterocycles. The van der Waals surface area contributed by atoms with Gasteiger partial charge in [0.1, 0.15) is 6.29 Å². The predicted molar refractivity (Wildman–Crippen MR) is 44.5 cm³/mol. The van der Waals surface area contributed by atoms with Crippen LogP contribution in [-0.4, -0.2) is 10.9 Å². The van der Waals surface area contributed by atoms with Crippen LogP contribution in [0.4, 0.5) is 0 Å². The Morgan fingerprint density at radius 1 is 1.64 bits per heavy atom. The summed E-state index contributed by atoms with van der Waals surface area (Å²) in [4.78, 5) is 10.1. The lowest BCUT2D eigenvalue weighted by Gasteiger charge is -1.90. The third-order valence-corrected chi connectivity index (χ3v) is 1.86. The summed E-state index contributed by atoms with van der Waals surface area (Å²) < 4.78 is 2.07. The molecule has 1 aromatic rings. The predicted octanol–water partition coefficient (Wildman–Crippen LogP) is 1.47. The Hall–Kier alpha value is -1.05. The van der Waals surface area contributed by atoms with Crippen molar-refractivity contribution < 1.29 is 4.79 Å². The van der Waals surface area contributed by atoms with Gasteiger partial charge in [0.15, 0.2) is 0 Å². The Labute approximate surface area is 66.8 Å². The second-order valence-corrected chi connectivity index (χ2v) is 2.81. The SMILES string of the molecule is Cc1cc(CCC=O)cn1C. The zero-order valence-electron chi connectivity index (χ0n) is 7.00. The zero-order valence-corrected chi connectivity index (χ0v) is 7.00. The van der Waals surface area contributed by atoms with Crippen LogP contribution in [0.3, 0.4) is 0 Å². The molecule has 11 heavy (non-hydrogen) atoms. The van der Waals surface area contributed by atoms with Gasteiger partial charge >= 0.3 is 0 Å². The molecule has 0 saturated heterocycles. The summed E-state index contributed by atoms with van der Waals surface area (Å²) in [6, 6.07) is 2.11. The molecule has 2 heteroatoms. The fourth-order valence-corrected chi connectivity index (χ4v) is 1.12. The van der Waals surface area contributed by atoms with Crippen molar-refractivity contribution >= 4 is 6.29 Å². The molecule has 0 aliphatic rings. The molecular formula is C9H13NO. The Morgan fingerprint density at radius 2 is 2.36 bits per heavy atom. The van der Waals surface area contributed by atoms with Crippen molar-refractivity contribution in [2.45, 2.75) is 19.8 Å². The fraction of sp³-hybridized carbons (Fsp3) is 0.444. The highest BCUT2D eigenvalue weighted by Gasteiger charge is 1.97. The van der Waals surface area contributed by atoms with Gasteiger partial charge in [0, 0.05) is 25.4 Å². The second kappa shape index (κ2) is 3.37. The van der Waals surface area contributed by atoms with E-state index in [4.69, 9.17) is 0 Å². The van der Waals surface area contributed by atoms with E-state index in [0.717, 1.165) is 12.7 Å². The number of aryl methyl sites for hydroxylation is 3. The summed E-state index contributed by atoms with van der Waals surface area (Å²) >= 11 is 0. The number of rotatable bonds is 3. The van der Waals surface area contributed by atoms with Crippen LogP contribution < -0.4 is 0 Å². The number of aromatic nitrogens is 1. The number of nitrogens with zero attached hydrogens (tertiary/aromatic N) is 1. The van der Waals surface area contributed by atoms with Crippen molar-refractivity contribution in [2.75, 3.05) is 0 Å². The topological polar surface area (TPSA) is 22.0 Å². The second-order valence-electron chi connectivity index (χ2n) is 2.81. The van der Waals surface area contributed by atoms with Crippen molar-refractivity contribution in [1.29, 1.82) is 0 Å². The lowest BCUT2D eigenvalue weighted by atomic mass is 10.2. The monoisotopic (exact) mass is 151 g/mol. The highest BCUT2D eigenvalue weighted by molar-refractivity contribution is 5.50. The normalized spacial score (nSPS) is 10.0. The first kappa shape index (κ1) is 8.05. The van der Waals surface area contributed by atoms with Crippen molar-refractivity contribution in [3.8, 4) is 0 Å². The van der Waals surface area contributed by atoms with Gasteiger partial charge in [0.25, 0.3) is 0 Å². The van der Waals surface area contributed by atoms with Crippen LogP contribution in [0.1, 0.15) is 17.7 Å². The van der Waals surface area contributed by atoms with Gasteiger partial charge in [-0.1, -0.05) is 0 Å². The quantitative estimate of drug-likeness (QED) is 0.599. The molecule has 0 spiro atoms. The highest BCUT2D eigenvalue weighted by atomic mass is 16.1. The van der Waals surface area contributed by atoms with Gasteiger partial charge in [-0.3, -0.25) is 0 Å². The molecule has 0 aromatic carbocycles. The minimum atomic E-state index is 0.628. The van der Waals surface area contributed by atoms with Crippen molar-refractivity contribution in [1.82, 2.24) is 4.57 Å². The minimum absolute atomic E-state index is 0.628. The van der Waals surface area contributed by atoms with Gasteiger partial charge in [0.2, 0.25) is 0 Å². The maximum absolute atomic E-state index is 10.1. The van der Waals surface area contributed by atoms with E-state index in [-0.39, 0.29) is 0 Å². The summed E-state index contributed by atoms with van der Waals surface area (Å²) in [7, 11) is 2.01. The van der Waals surface area contributed by atoms with Gasteiger partial charge in [-0.2, -0.15) is 0 Å². The molecule has 0 amide bonds. The Morgan fingerprint density at radius 3 is 2.82 bits per heavy atom. The summed E-state index contributed by atoms with van der Waals surface area (Å²) in [6.45, 7) is 2.06. The molecule has 60 valence electrons. The molecule has 0 bridgehead atoms. The molecule has 0 unspecified atom stereocenters. The zero-order chi connectivity index (χ0) is 8.27. The van der Waals surface area contributed by atoms with Gasteiger partial charge in [-0.05, 0) is 25.0 Å². The molecule has 0 aliphatic heterocycles. The maximum Gasteiger partial charge on any atom is 0.120 e. The van der Waals surface area contributed by atoms with Crippen LogP contribution >= 0.6 is 0 Å². The van der Waals surface area contributed by atoms with Crippen LogP contribution in [0.15, 0.2) is 12.3 Å². The van der Waals surface area contributed by atoms with Crippen molar-refractivity contribution in [3.63, 3.8) is 0 Å². The average molecular weight is 151 g/mol. The summed E-state index contributed by atoms with van der Waals surface area (Å²) in [5.41, 5.74) is 2.49. The Bertz CT molecular complexity index is 231. The third-order valence-electron chi connectivity index (χ3n) is 1.86. The van der Waals surface area contributed by atoms with Gasteiger partial charge < -0.3 is 9.36 Å². The number of aldehydes is 1. The molecular weight excluding hydrogens is 138 g/mol. The molecule has 0 radical (unpaired) electrons. The summed E-state index contributed by atoms with van der Waals surface area (Å²) in [6.07, 6.45) is 4.52. The standard InChI is InChI=1S/C9H13NO/c1-8-6-9(4-3-5-11)7-10(8)2/h5-7H,3-4H2,1-2H3. The number of hydrogen-bond donors (Lipinski definition) is 0. The van der Waals surface area contributed by atoms with Crippen LogP contribution in [-0.2, 0) is 18.3 Å². The lowest BCUT2D eigenvalue weighted by Crippen LogP contribution is -1.86. The van der Waals surface area contributed by atoms with Crippen LogP contribution in [0, 0.1) is 6.92 Å². The highest BCUT2D eigenvalue weighted by Crippen LogP contribution is 2.07. The van der Waals surface area contributed by atoms with Crippen LogP contribution in [0.2, 0.25) is 0 Å². The molecule has 0 atom stereocenters. The maximum atomic E-state index is 10.1. The Kier molecular flexibility index (Phi) is 2.47. The van der Waals surface area contributed by atoms with Crippen LogP contribution in [0.25, 0.3) is 0 Å². The van der Waals surface area contributed by atoms with Gasteiger partial charge in [0.05, 0.1) is 0 Å². The molecule has 2 nitrogen and oxygen atoms in total. The number of carbonyl (C=O) groups excluding carboxylic acids is 1. The van der Waals surface area contributed by atoms with E-state index in [1.54, 1.807) is 0 Å². The first-order chi connectivity index (χ1) is 5.24. The van der Waals surface area contributed by atoms with Gasteiger partial charge in [-0.15, -0.1) is 0 Å². The van der Waals surface area contributed by atoms with E-state index >= 15 is 0 Å². The van der Waals surface area contributed by atoms with Gasteiger partial charge in [-0.25, -0.2) is 0 Å². The van der Waals surface area contributed by atoms with E-state index in [2.05, 4.69) is 23.8 Å². The van der Waals surface area contributed by atoms with E-state index in [1.807, 2.05) is 7.05 Å². The lowest BCUT2D eigenvalue weighted by molar-refractivity contribution is -0.107. The molecule has 1 rings (SSSR count). The van der Waals surface area contributed by atoms with Crippen LogP contribution in [0.5, 0.6) is 0 Å². The van der Waals surface area contributed by atoms with Crippen molar-refractivity contribution in [3.05, 3.63) is 23.5 Å². The van der Waals surface area contributed by atoms with E-state index in [9.17, 15) is 4.79 Å². The molecule has 1 heterocycles. The molecule has 0 saturated carbocycles. The smallest absolute Gasteiger partial charge is 0.120 e. The first-order valence-electron chi connectivity index (χ1n) is 3.79. The largest absolute Gasteiger partial charge is 0.354 e. The number of hydrogen-bond acceptors (Lipinski definition) is 1. The Balaban J connectivity index is 2.64. The first-order valence-corrected chi connectivity index (χ1v) is 3.79. The fourth-order valence-electron chi connectivity index (χ4n) is 1.12. The number of carbonyl (C=O) groups is 1.